The second kappa shape index (κ2) is 4.75. The van der Waals surface area contributed by atoms with Gasteiger partial charge in [0.05, 0.1) is 12.6 Å². The zero-order valence-electron chi connectivity index (χ0n) is 8.50. The number of amides is 1. The first-order chi connectivity index (χ1) is 6.88. The van der Waals surface area contributed by atoms with E-state index in [1.54, 1.807) is 0 Å². The SMILES string of the molecule is O=C1CCNCCN1C1CCCOC1. The zero-order chi connectivity index (χ0) is 9.80. The highest BCUT2D eigenvalue weighted by Crippen LogP contribution is 2.14. The maximum atomic E-state index is 11.7. The van der Waals surface area contributed by atoms with Crippen LogP contribution in [0.15, 0.2) is 0 Å². The molecule has 1 unspecified atom stereocenters. The van der Waals surface area contributed by atoms with Gasteiger partial charge in [0.15, 0.2) is 0 Å². The molecule has 4 nitrogen and oxygen atoms in total. The molecule has 0 spiro atoms. The average molecular weight is 198 g/mol. The summed E-state index contributed by atoms with van der Waals surface area (Å²) in [6.45, 7) is 4.17. The molecule has 80 valence electrons. The van der Waals surface area contributed by atoms with E-state index in [4.69, 9.17) is 4.74 Å². The van der Waals surface area contributed by atoms with E-state index in [-0.39, 0.29) is 5.91 Å². The molecule has 0 aromatic carbocycles. The van der Waals surface area contributed by atoms with Crippen LogP contribution in [-0.4, -0.2) is 49.7 Å². The fourth-order valence-corrected chi connectivity index (χ4v) is 2.14. The van der Waals surface area contributed by atoms with Crippen LogP contribution in [-0.2, 0) is 9.53 Å². The molecule has 1 atom stereocenters. The summed E-state index contributed by atoms with van der Waals surface area (Å²) in [4.78, 5) is 13.7. The number of nitrogens with one attached hydrogen (secondary N) is 1. The van der Waals surface area contributed by atoms with Crippen molar-refractivity contribution in [1.82, 2.24) is 10.2 Å². The number of carbonyl (C=O) groups excluding carboxylic acids is 1. The molecule has 14 heavy (non-hydrogen) atoms. The van der Waals surface area contributed by atoms with Gasteiger partial charge in [0, 0.05) is 32.7 Å². The molecule has 2 fully saturated rings. The minimum Gasteiger partial charge on any atom is -0.379 e. The van der Waals surface area contributed by atoms with Gasteiger partial charge in [0.25, 0.3) is 0 Å². The number of hydrogen-bond donors (Lipinski definition) is 1. The molecule has 0 aromatic rings. The Morgan fingerprint density at radius 1 is 1.43 bits per heavy atom. The van der Waals surface area contributed by atoms with E-state index in [2.05, 4.69) is 5.32 Å². The van der Waals surface area contributed by atoms with Gasteiger partial charge in [0.1, 0.15) is 0 Å². The Labute approximate surface area is 84.6 Å². The first-order valence-corrected chi connectivity index (χ1v) is 5.46. The highest BCUT2D eigenvalue weighted by atomic mass is 16.5. The van der Waals surface area contributed by atoms with Crippen LogP contribution in [0.25, 0.3) is 0 Å². The van der Waals surface area contributed by atoms with Crippen molar-refractivity contribution in [2.45, 2.75) is 25.3 Å². The van der Waals surface area contributed by atoms with Crippen LogP contribution < -0.4 is 5.32 Å². The molecule has 2 saturated heterocycles. The van der Waals surface area contributed by atoms with Gasteiger partial charge >= 0.3 is 0 Å². The Morgan fingerprint density at radius 2 is 2.36 bits per heavy atom. The minimum atomic E-state index is 0.283. The molecule has 0 radical (unpaired) electrons. The summed E-state index contributed by atoms with van der Waals surface area (Å²) in [7, 11) is 0. The number of hydrogen-bond acceptors (Lipinski definition) is 3. The van der Waals surface area contributed by atoms with Crippen LogP contribution in [0, 0.1) is 0 Å². The van der Waals surface area contributed by atoms with E-state index in [1.165, 1.54) is 0 Å². The lowest BCUT2D eigenvalue weighted by atomic mass is 10.1. The molecule has 2 heterocycles. The van der Waals surface area contributed by atoms with Crippen molar-refractivity contribution in [3.8, 4) is 0 Å². The molecule has 1 amide bonds. The normalized spacial score (nSPS) is 30.1. The molecular formula is C10H18N2O2. The second-order valence-electron chi connectivity index (χ2n) is 3.96. The maximum absolute atomic E-state index is 11.7. The Hall–Kier alpha value is -0.610. The largest absolute Gasteiger partial charge is 0.379 e. The van der Waals surface area contributed by atoms with Gasteiger partial charge in [0.2, 0.25) is 5.91 Å². The van der Waals surface area contributed by atoms with Crippen molar-refractivity contribution < 1.29 is 9.53 Å². The van der Waals surface area contributed by atoms with E-state index in [0.29, 0.717) is 12.5 Å². The van der Waals surface area contributed by atoms with Gasteiger partial charge in [-0.05, 0) is 12.8 Å². The van der Waals surface area contributed by atoms with Gasteiger partial charge in [-0.1, -0.05) is 0 Å². The minimum absolute atomic E-state index is 0.283. The molecule has 0 aromatic heterocycles. The number of ether oxygens (including phenoxy) is 1. The summed E-state index contributed by atoms with van der Waals surface area (Å²) in [5, 5.41) is 3.24. The fraction of sp³-hybridized carbons (Fsp3) is 0.900. The van der Waals surface area contributed by atoms with Crippen LogP contribution in [0.5, 0.6) is 0 Å². The molecule has 0 bridgehead atoms. The van der Waals surface area contributed by atoms with E-state index in [9.17, 15) is 4.79 Å². The van der Waals surface area contributed by atoms with Gasteiger partial charge in [-0.3, -0.25) is 4.79 Å². The molecule has 2 aliphatic rings. The first-order valence-electron chi connectivity index (χ1n) is 5.46. The van der Waals surface area contributed by atoms with Crippen molar-refractivity contribution in [3.05, 3.63) is 0 Å². The van der Waals surface area contributed by atoms with E-state index < -0.39 is 0 Å². The fourth-order valence-electron chi connectivity index (χ4n) is 2.14. The molecule has 0 aliphatic carbocycles. The smallest absolute Gasteiger partial charge is 0.224 e. The van der Waals surface area contributed by atoms with Crippen LogP contribution >= 0.6 is 0 Å². The molecule has 1 N–H and O–H groups in total. The van der Waals surface area contributed by atoms with Crippen LogP contribution in [0.1, 0.15) is 19.3 Å². The van der Waals surface area contributed by atoms with Crippen molar-refractivity contribution in [3.63, 3.8) is 0 Å². The molecular weight excluding hydrogens is 180 g/mol. The summed E-state index contributed by atoms with van der Waals surface area (Å²) in [5.41, 5.74) is 0. The predicted octanol–water partition coefficient (Wildman–Crippen LogP) is -0.0127. The lowest BCUT2D eigenvalue weighted by molar-refractivity contribution is -0.135. The van der Waals surface area contributed by atoms with Gasteiger partial charge in [-0.25, -0.2) is 0 Å². The zero-order valence-corrected chi connectivity index (χ0v) is 8.50. The Morgan fingerprint density at radius 3 is 3.14 bits per heavy atom. The molecule has 2 aliphatic heterocycles. The van der Waals surface area contributed by atoms with E-state index >= 15 is 0 Å². The van der Waals surface area contributed by atoms with Crippen LogP contribution in [0.3, 0.4) is 0 Å². The highest BCUT2D eigenvalue weighted by Gasteiger charge is 2.26. The Balaban J connectivity index is 1.95. The summed E-state index contributed by atoms with van der Waals surface area (Å²) < 4.78 is 5.41. The number of nitrogens with zero attached hydrogens (tertiary/aromatic N) is 1. The third kappa shape index (κ3) is 2.25. The van der Waals surface area contributed by atoms with Gasteiger partial charge < -0.3 is 15.0 Å². The van der Waals surface area contributed by atoms with Crippen LogP contribution in [0.4, 0.5) is 0 Å². The van der Waals surface area contributed by atoms with Crippen molar-refractivity contribution >= 4 is 5.91 Å². The molecule has 0 saturated carbocycles. The lowest BCUT2D eigenvalue weighted by Crippen LogP contribution is -2.45. The second-order valence-corrected chi connectivity index (χ2v) is 3.96. The quantitative estimate of drug-likeness (QED) is 0.644. The monoisotopic (exact) mass is 198 g/mol. The molecule has 4 heteroatoms. The Bertz CT molecular complexity index is 202. The average Bonchev–Trinajstić information content (AvgIpc) is 2.44. The summed E-state index contributed by atoms with van der Waals surface area (Å²) >= 11 is 0. The van der Waals surface area contributed by atoms with Gasteiger partial charge in [-0.15, -0.1) is 0 Å². The predicted molar refractivity (Wildman–Crippen MR) is 53.0 cm³/mol. The van der Waals surface area contributed by atoms with Gasteiger partial charge in [-0.2, -0.15) is 0 Å². The van der Waals surface area contributed by atoms with Crippen LogP contribution in [0.2, 0.25) is 0 Å². The topological polar surface area (TPSA) is 41.6 Å². The summed E-state index contributed by atoms with van der Waals surface area (Å²) in [6.07, 6.45) is 2.82. The van der Waals surface area contributed by atoms with Crippen molar-refractivity contribution in [2.24, 2.45) is 0 Å². The third-order valence-corrected chi connectivity index (χ3v) is 2.94. The highest BCUT2D eigenvalue weighted by molar-refractivity contribution is 5.77. The summed E-state index contributed by atoms with van der Waals surface area (Å²) in [5.74, 6) is 0.283. The molecule has 2 rings (SSSR count). The standard InChI is InChI=1S/C10H18N2O2/c13-10-3-4-11-5-6-12(10)9-2-1-7-14-8-9/h9,11H,1-8H2. The first kappa shape index (κ1) is 9.93. The van der Waals surface area contributed by atoms with E-state index in [0.717, 1.165) is 45.7 Å². The van der Waals surface area contributed by atoms with Crippen molar-refractivity contribution in [2.75, 3.05) is 32.8 Å². The van der Waals surface area contributed by atoms with E-state index in [1.807, 2.05) is 4.90 Å². The lowest BCUT2D eigenvalue weighted by Gasteiger charge is -2.33. The Kier molecular flexibility index (Phi) is 3.37. The number of carbonyl (C=O) groups is 1. The summed E-state index contributed by atoms with van der Waals surface area (Å²) in [6, 6.07) is 0.330. The van der Waals surface area contributed by atoms with Crippen molar-refractivity contribution in [1.29, 1.82) is 0 Å². The third-order valence-electron chi connectivity index (χ3n) is 2.94. The maximum Gasteiger partial charge on any atom is 0.224 e. The number of rotatable bonds is 1.